The Morgan fingerprint density at radius 3 is 2.33 bits per heavy atom. The van der Waals surface area contributed by atoms with E-state index in [4.69, 9.17) is 4.74 Å². The Morgan fingerprint density at radius 2 is 1.68 bits per heavy atom. The van der Waals surface area contributed by atoms with Crippen LogP contribution >= 0.6 is 11.3 Å². The predicted molar refractivity (Wildman–Crippen MR) is 159 cm³/mol. The molecular weight excluding hydrogens is 524 g/mol. The monoisotopic (exact) mass is 562 g/mol. The molecule has 1 aliphatic carbocycles. The maximum Gasteiger partial charge on any atom is 0.413 e. The lowest BCUT2D eigenvalue weighted by Gasteiger charge is -2.33. The van der Waals surface area contributed by atoms with E-state index in [9.17, 15) is 14.4 Å². The Kier molecular flexibility index (Phi) is 9.58. The molecule has 4 rings (SSSR count). The largest absolute Gasteiger partial charge is 0.444 e. The molecule has 0 radical (unpaired) electrons. The molecule has 212 valence electrons. The molecule has 1 saturated carbocycles. The van der Waals surface area contributed by atoms with Crippen LogP contribution in [-0.4, -0.2) is 39.9 Å². The highest BCUT2D eigenvalue weighted by Crippen LogP contribution is 2.30. The Hall–Kier alpha value is -3.72. The summed E-state index contributed by atoms with van der Waals surface area (Å²) in [6.45, 7) is 7.37. The van der Waals surface area contributed by atoms with E-state index in [0.717, 1.165) is 43.2 Å². The van der Waals surface area contributed by atoms with E-state index in [-0.39, 0.29) is 30.3 Å². The molecular formula is C31H38N4O4S. The van der Waals surface area contributed by atoms with Gasteiger partial charge in [-0.15, -0.1) is 11.3 Å². The zero-order valence-electron chi connectivity index (χ0n) is 23.6. The molecule has 40 heavy (non-hydrogen) atoms. The normalized spacial score (nSPS) is 14.7. The maximum atomic E-state index is 13.5. The van der Waals surface area contributed by atoms with Gasteiger partial charge in [-0.2, -0.15) is 0 Å². The van der Waals surface area contributed by atoms with Crippen molar-refractivity contribution in [3.05, 3.63) is 65.5 Å². The molecule has 1 atom stereocenters. The van der Waals surface area contributed by atoms with Crippen LogP contribution in [-0.2, 0) is 14.3 Å². The fourth-order valence-electron chi connectivity index (χ4n) is 4.84. The number of hydrogen-bond acceptors (Lipinski definition) is 6. The summed E-state index contributed by atoms with van der Waals surface area (Å²) in [6.07, 6.45) is 4.48. The highest BCUT2D eigenvalue weighted by atomic mass is 32.1. The zero-order valence-corrected chi connectivity index (χ0v) is 24.4. The topological polar surface area (TPSA) is 101 Å². The van der Waals surface area contributed by atoms with Gasteiger partial charge in [0.25, 0.3) is 0 Å². The molecule has 2 N–H and O–H groups in total. The molecule has 9 heteroatoms. The van der Waals surface area contributed by atoms with E-state index in [0.29, 0.717) is 16.5 Å². The molecule has 0 saturated heterocycles. The van der Waals surface area contributed by atoms with Crippen molar-refractivity contribution < 1.29 is 19.1 Å². The highest BCUT2D eigenvalue weighted by Gasteiger charge is 2.31. The van der Waals surface area contributed by atoms with Gasteiger partial charge in [-0.3, -0.25) is 14.9 Å². The number of aromatic nitrogens is 1. The van der Waals surface area contributed by atoms with Crippen molar-refractivity contribution in [1.82, 2.24) is 9.88 Å². The van der Waals surface area contributed by atoms with Gasteiger partial charge in [-0.05, 0) is 58.2 Å². The predicted octanol–water partition coefficient (Wildman–Crippen LogP) is 7.27. The van der Waals surface area contributed by atoms with Gasteiger partial charge in [0.1, 0.15) is 12.1 Å². The van der Waals surface area contributed by atoms with E-state index in [2.05, 4.69) is 15.6 Å². The van der Waals surface area contributed by atoms with Crippen LogP contribution in [0.1, 0.15) is 71.4 Å². The first-order chi connectivity index (χ1) is 19.1. The number of nitrogens with one attached hydrogen (secondary N) is 2. The summed E-state index contributed by atoms with van der Waals surface area (Å²) in [4.78, 5) is 44.9. The minimum Gasteiger partial charge on any atom is -0.444 e. The lowest BCUT2D eigenvalue weighted by atomic mass is 9.87. The molecule has 1 aromatic heterocycles. The molecule has 1 heterocycles. The zero-order chi connectivity index (χ0) is 28.7. The number of nitrogens with zero attached hydrogens (tertiary/aromatic N) is 2. The fraction of sp³-hybridized carbons (Fsp3) is 0.419. The highest BCUT2D eigenvalue weighted by molar-refractivity contribution is 7.14. The standard InChI is InChI=1S/C31H38N4O4S/c1-21(22-11-7-5-8-12-22)35(28(37)24-13-9-6-10-14-24)19-27(36)32-25-17-15-23(16-18-25)26-20-40-29(33-26)34-30(38)39-31(2,3)4/h5,7-8,11-12,15-18,20-21,24H,6,9-10,13-14,19H2,1-4H3,(H,32,36)(H,33,34,38)/t21-/m1/s1. The summed E-state index contributed by atoms with van der Waals surface area (Å²) in [6, 6.07) is 17.0. The molecule has 3 aromatic rings. The molecule has 3 amide bonds. The first-order valence-electron chi connectivity index (χ1n) is 13.8. The SMILES string of the molecule is C[C@H](c1ccccc1)N(CC(=O)Nc1ccc(-c2csc(NC(=O)OC(C)(C)C)n2)cc1)C(=O)C1CCCCC1. The number of amides is 3. The van der Waals surface area contributed by atoms with Crippen LogP contribution in [0.5, 0.6) is 0 Å². The van der Waals surface area contributed by atoms with Crippen molar-refractivity contribution >= 4 is 40.1 Å². The second kappa shape index (κ2) is 13.1. The Balaban J connectivity index is 1.40. The van der Waals surface area contributed by atoms with Crippen molar-refractivity contribution in [3.8, 4) is 11.3 Å². The summed E-state index contributed by atoms with van der Waals surface area (Å²) in [5.41, 5.74) is 2.60. The average molecular weight is 563 g/mol. The van der Waals surface area contributed by atoms with Gasteiger partial charge in [0.2, 0.25) is 11.8 Å². The minimum absolute atomic E-state index is 0.0150. The van der Waals surface area contributed by atoms with Crippen molar-refractivity contribution in [1.29, 1.82) is 0 Å². The van der Waals surface area contributed by atoms with Crippen molar-refractivity contribution in [3.63, 3.8) is 0 Å². The fourth-order valence-corrected chi connectivity index (χ4v) is 5.54. The third kappa shape index (κ3) is 8.14. The van der Waals surface area contributed by atoms with Crippen LogP contribution in [0.3, 0.4) is 0 Å². The van der Waals surface area contributed by atoms with Gasteiger partial charge in [0.15, 0.2) is 5.13 Å². The van der Waals surface area contributed by atoms with Crippen LogP contribution in [0.4, 0.5) is 15.6 Å². The number of rotatable bonds is 8. The summed E-state index contributed by atoms with van der Waals surface area (Å²) < 4.78 is 5.28. The van der Waals surface area contributed by atoms with Gasteiger partial charge >= 0.3 is 6.09 Å². The van der Waals surface area contributed by atoms with Crippen molar-refractivity contribution in [2.24, 2.45) is 5.92 Å². The quantitative estimate of drug-likeness (QED) is 0.301. The van der Waals surface area contributed by atoms with Crippen molar-refractivity contribution in [2.45, 2.75) is 71.4 Å². The second-order valence-corrected chi connectivity index (χ2v) is 12.0. The number of benzene rings is 2. The third-order valence-electron chi connectivity index (χ3n) is 6.88. The number of ether oxygens (including phenoxy) is 1. The molecule has 0 aliphatic heterocycles. The van der Waals surface area contributed by atoms with E-state index in [1.165, 1.54) is 11.3 Å². The molecule has 8 nitrogen and oxygen atoms in total. The van der Waals surface area contributed by atoms with Gasteiger partial charge in [-0.1, -0.05) is 61.7 Å². The second-order valence-electron chi connectivity index (χ2n) is 11.2. The van der Waals surface area contributed by atoms with E-state index >= 15 is 0 Å². The summed E-state index contributed by atoms with van der Waals surface area (Å²) in [7, 11) is 0. The number of hydrogen-bond donors (Lipinski definition) is 2. The van der Waals surface area contributed by atoms with E-state index < -0.39 is 11.7 Å². The van der Waals surface area contributed by atoms with Crippen molar-refractivity contribution in [2.75, 3.05) is 17.2 Å². The van der Waals surface area contributed by atoms with E-state index in [1.54, 1.807) is 25.7 Å². The average Bonchev–Trinajstić information content (AvgIpc) is 3.39. The first kappa shape index (κ1) is 29.3. The molecule has 1 aliphatic rings. The first-order valence-corrected chi connectivity index (χ1v) is 14.7. The van der Waals surface area contributed by atoms with Gasteiger partial charge in [-0.25, -0.2) is 9.78 Å². The molecule has 2 aromatic carbocycles. The summed E-state index contributed by atoms with van der Waals surface area (Å²) in [5, 5.41) is 7.89. The number of carbonyl (C=O) groups is 3. The Morgan fingerprint density at radius 1 is 1.00 bits per heavy atom. The lowest BCUT2D eigenvalue weighted by Crippen LogP contribution is -2.43. The van der Waals surface area contributed by atoms with Gasteiger partial charge in [0, 0.05) is 22.5 Å². The Bertz CT molecular complexity index is 1290. The van der Waals surface area contributed by atoms with Crippen LogP contribution in [0, 0.1) is 5.92 Å². The molecule has 0 spiro atoms. The Labute approximate surface area is 240 Å². The number of thiazole rings is 1. The van der Waals surface area contributed by atoms with Crippen LogP contribution in [0.25, 0.3) is 11.3 Å². The number of carbonyl (C=O) groups excluding carboxylic acids is 3. The van der Waals surface area contributed by atoms with Crippen LogP contribution in [0.2, 0.25) is 0 Å². The summed E-state index contributed by atoms with van der Waals surface area (Å²) in [5.74, 6) is -0.210. The minimum atomic E-state index is -0.593. The molecule has 0 bridgehead atoms. The third-order valence-corrected chi connectivity index (χ3v) is 7.64. The van der Waals surface area contributed by atoms with Crippen LogP contribution in [0.15, 0.2) is 60.0 Å². The number of anilines is 2. The molecule has 0 unspecified atom stereocenters. The van der Waals surface area contributed by atoms with E-state index in [1.807, 2.05) is 66.9 Å². The lowest BCUT2D eigenvalue weighted by molar-refractivity contribution is -0.141. The maximum absolute atomic E-state index is 13.5. The smallest absolute Gasteiger partial charge is 0.413 e. The summed E-state index contributed by atoms with van der Waals surface area (Å²) >= 11 is 1.31. The van der Waals surface area contributed by atoms with Gasteiger partial charge in [0.05, 0.1) is 11.7 Å². The molecule has 1 fully saturated rings. The van der Waals surface area contributed by atoms with Crippen LogP contribution < -0.4 is 10.6 Å². The van der Waals surface area contributed by atoms with Gasteiger partial charge < -0.3 is 15.0 Å².